The van der Waals surface area contributed by atoms with Gasteiger partial charge in [0.15, 0.2) is 0 Å². The molecule has 1 aliphatic heterocycles. The highest BCUT2D eigenvalue weighted by atomic mass is 19.4. The molecule has 1 fully saturated rings. The second-order valence-corrected chi connectivity index (χ2v) is 9.68. The van der Waals surface area contributed by atoms with Crippen molar-refractivity contribution in [3.63, 3.8) is 0 Å². The number of ether oxygens (including phenoxy) is 1. The SMILES string of the molecule is C[C@@H](O[C@H]1CCN(C(=O)CCNC(=O)N(C)C)C[C@H]1c1ccccc1)c1cc(C(F)(F)F)cc(C(F)(F)F)c1. The first-order chi connectivity index (χ1) is 18.2. The maximum Gasteiger partial charge on any atom is 0.416 e. The number of hydrogen-bond donors (Lipinski definition) is 1. The Morgan fingerprint density at radius 3 is 2.15 bits per heavy atom. The highest BCUT2D eigenvalue weighted by Crippen LogP contribution is 2.39. The fourth-order valence-electron chi connectivity index (χ4n) is 4.49. The normalized spacial score (nSPS) is 18.9. The molecule has 2 aromatic rings. The third-order valence-corrected chi connectivity index (χ3v) is 6.61. The molecule has 12 heteroatoms. The first kappa shape index (κ1) is 30.3. The number of hydrogen-bond acceptors (Lipinski definition) is 3. The van der Waals surface area contributed by atoms with Crippen LogP contribution in [0.25, 0.3) is 0 Å². The molecular formula is C27H31F6N3O3. The van der Waals surface area contributed by atoms with E-state index in [1.807, 2.05) is 18.2 Å². The fraction of sp³-hybridized carbons (Fsp3) is 0.481. The van der Waals surface area contributed by atoms with Gasteiger partial charge < -0.3 is 19.9 Å². The van der Waals surface area contributed by atoms with Gasteiger partial charge in [-0.05, 0) is 42.7 Å². The summed E-state index contributed by atoms with van der Waals surface area (Å²) in [5.41, 5.74) is -2.21. The molecular weight excluding hydrogens is 528 g/mol. The topological polar surface area (TPSA) is 61.9 Å². The summed E-state index contributed by atoms with van der Waals surface area (Å²) in [5.74, 6) is -0.551. The fourth-order valence-corrected chi connectivity index (χ4v) is 4.49. The van der Waals surface area contributed by atoms with Crippen LogP contribution in [-0.2, 0) is 21.9 Å². The summed E-state index contributed by atoms with van der Waals surface area (Å²) in [6.07, 6.45) is -11.2. The summed E-state index contributed by atoms with van der Waals surface area (Å²) in [5, 5.41) is 2.63. The molecule has 6 nitrogen and oxygen atoms in total. The summed E-state index contributed by atoms with van der Waals surface area (Å²) in [4.78, 5) is 27.5. The molecule has 3 atom stereocenters. The Bertz CT molecular complexity index is 1110. The number of rotatable bonds is 7. The molecule has 0 bridgehead atoms. The molecule has 0 saturated carbocycles. The van der Waals surface area contributed by atoms with Gasteiger partial charge in [0.2, 0.25) is 5.91 Å². The van der Waals surface area contributed by atoms with E-state index in [-0.39, 0.29) is 55.5 Å². The molecule has 1 aliphatic rings. The Kier molecular flexibility index (Phi) is 9.52. The van der Waals surface area contributed by atoms with E-state index >= 15 is 0 Å². The van der Waals surface area contributed by atoms with Gasteiger partial charge in [0.1, 0.15) is 0 Å². The van der Waals surface area contributed by atoms with E-state index in [0.29, 0.717) is 18.6 Å². The second kappa shape index (κ2) is 12.3. The zero-order valence-corrected chi connectivity index (χ0v) is 21.8. The van der Waals surface area contributed by atoms with Crippen molar-refractivity contribution in [1.29, 1.82) is 0 Å². The minimum Gasteiger partial charge on any atom is -0.370 e. The predicted molar refractivity (Wildman–Crippen MR) is 132 cm³/mol. The monoisotopic (exact) mass is 559 g/mol. The highest BCUT2D eigenvalue weighted by Gasteiger charge is 2.38. The summed E-state index contributed by atoms with van der Waals surface area (Å²) >= 11 is 0. The molecule has 0 radical (unpaired) electrons. The number of alkyl halides is 6. The number of piperidine rings is 1. The number of likely N-dealkylation sites (tertiary alicyclic amines) is 1. The van der Waals surface area contributed by atoms with Crippen LogP contribution in [-0.4, -0.2) is 61.6 Å². The number of amides is 3. The van der Waals surface area contributed by atoms with Gasteiger partial charge in [-0.25, -0.2) is 4.79 Å². The van der Waals surface area contributed by atoms with Gasteiger partial charge in [-0.15, -0.1) is 0 Å². The molecule has 0 aliphatic carbocycles. The summed E-state index contributed by atoms with van der Waals surface area (Å²) in [6.45, 7) is 2.11. The van der Waals surface area contributed by atoms with Crippen LogP contribution in [0.5, 0.6) is 0 Å². The van der Waals surface area contributed by atoms with Crippen molar-refractivity contribution >= 4 is 11.9 Å². The van der Waals surface area contributed by atoms with Gasteiger partial charge in [0.25, 0.3) is 0 Å². The maximum atomic E-state index is 13.4. The highest BCUT2D eigenvalue weighted by molar-refractivity contribution is 5.78. The lowest BCUT2D eigenvalue weighted by molar-refractivity contribution is -0.143. The lowest BCUT2D eigenvalue weighted by Gasteiger charge is -2.40. The number of halogens is 6. The quantitative estimate of drug-likeness (QED) is 0.433. The van der Waals surface area contributed by atoms with Crippen LogP contribution in [0.15, 0.2) is 48.5 Å². The van der Waals surface area contributed by atoms with Crippen LogP contribution < -0.4 is 5.32 Å². The molecule has 214 valence electrons. The number of benzene rings is 2. The predicted octanol–water partition coefficient (Wildman–Crippen LogP) is 5.85. The minimum absolute atomic E-state index is 0.0769. The zero-order chi connectivity index (χ0) is 29.0. The van der Waals surface area contributed by atoms with Crippen molar-refractivity contribution in [2.45, 2.75) is 50.2 Å². The van der Waals surface area contributed by atoms with Crippen LogP contribution in [0.1, 0.15) is 54.0 Å². The maximum absolute atomic E-state index is 13.4. The van der Waals surface area contributed by atoms with Crippen molar-refractivity contribution in [3.8, 4) is 0 Å². The molecule has 1 N–H and O–H groups in total. The molecule has 1 saturated heterocycles. The first-order valence-corrected chi connectivity index (χ1v) is 12.4. The van der Waals surface area contributed by atoms with Crippen LogP contribution in [0.4, 0.5) is 31.1 Å². The average Bonchev–Trinajstić information content (AvgIpc) is 2.87. The van der Waals surface area contributed by atoms with Gasteiger partial charge in [-0.1, -0.05) is 30.3 Å². The molecule has 1 heterocycles. The van der Waals surface area contributed by atoms with E-state index in [2.05, 4.69) is 5.32 Å². The van der Waals surface area contributed by atoms with Crippen LogP contribution in [0.3, 0.4) is 0 Å². The third-order valence-electron chi connectivity index (χ3n) is 6.61. The van der Waals surface area contributed by atoms with E-state index in [9.17, 15) is 35.9 Å². The molecule has 3 amide bonds. The summed E-state index contributed by atoms with van der Waals surface area (Å²) in [7, 11) is 3.16. The van der Waals surface area contributed by atoms with Crippen molar-refractivity contribution in [2.24, 2.45) is 0 Å². The van der Waals surface area contributed by atoms with Gasteiger partial charge in [-0.3, -0.25) is 4.79 Å². The van der Waals surface area contributed by atoms with Gasteiger partial charge in [-0.2, -0.15) is 26.3 Å². The van der Waals surface area contributed by atoms with Gasteiger partial charge in [0, 0.05) is 46.1 Å². The summed E-state index contributed by atoms with van der Waals surface area (Å²) < 4.78 is 86.3. The van der Waals surface area contributed by atoms with Crippen molar-refractivity contribution in [1.82, 2.24) is 15.1 Å². The number of carbonyl (C=O) groups excluding carboxylic acids is 2. The third kappa shape index (κ3) is 8.11. The van der Waals surface area contributed by atoms with Crippen LogP contribution in [0, 0.1) is 0 Å². The summed E-state index contributed by atoms with van der Waals surface area (Å²) in [6, 6.07) is 10.2. The molecule has 0 spiro atoms. The number of urea groups is 1. The molecule has 3 rings (SSSR count). The van der Waals surface area contributed by atoms with E-state index < -0.39 is 35.7 Å². The average molecular weight is 560 g/mol. The Morgan fingerprint density at radius 2 is 1.62 bits per heavy atom. The van der Waals surface area contributed by atoms with Crippen molar-refractivity contribution < 1.29 is 40.7 Å². The lowest BCUT2D eigenvalue weighted by atomic mass is 9.87. The van der Waals surface area contributed by atoms with E-state index in [4.69, 9.17) is 4.74 Å². The standard InChI is InChI=1S/C27H31F6N3O3/c1-17(19-13-20(26(28,29)30)15-21(14-19)27(31,32)33)39-23-10-12-36(16-22(23)18-7-5-4-6-8-18)24(37)9-11-34-25(38)35(2)3/h4-8,13-15,17,22-23H,9-12,16H2,1-3H3,(H,34,38)/t17-,22+,23+/m1/s1. The van der Waals surface area contributed by atoms with E-state index in [0.717, 1.165) is 5.56 Å². The molecule has 39 heavy (non-hydrogen) atoms. The number of nitrogens with one attached hydrogen (secondary N) is 1. The van der Waals surface area contributed by atoms with Crippen molar-refractivity contribution in [3.05, 3.63) is 70.8 Å². The van der Waals surface area contributed by atoms with Crippen LogP contribution >= 0.6 is 0 Å². The first-order valence-electron chi connectivity index (χ1n) is 12.4. The van der Waals surface area contributed by atoms with Gasteiger partial charge >= 0.3 is 18.4 Å². The Balaban J connectivity index is 1.79. The van der Waals surface area contributed by atoms with E-state index in [1.54, 1.807) is 31.1 Å². The largest absolute Gasteiger partial charge is 0.416 e. The van der Waals surface area contributed by atoms with Gasteiger partial charge in [0.05, 0.1) is 23.3 Å². The lowest BCUT2D eigenvalue weighted by Crippen LogP contribution is -2.47. The Morgan fingerprint density at radius 1 is 1.03 bits per heavy atom. The molecule has 0 unspecified atom stereocenters. The van der Waals surface area contributed by atoms with E-state index in [1.165, 1.54) is 11.8 Å². The number of nitrogens with zero attached hydrogens (tertiary/aromatic N) is 2. The zero-order valence-electron chi connectivity index (χ0n) is 21.8. The Hall–Kier alpha value is -3.28. The minimum atomic E-state index is -4.96. The smallest absolute Gasteiger partial charge is 0.370 e. The molecule has 0 aromatic heterocycles. The van der Waals surface area contributed by atoms with Crippen molar-refractivity contribution in [2.75, 3.05) is 33.7 Å². The second-order valence-electron chi connectivity index (χ2n) is 9.68. The Labute approximate surface area is 222 Å². The van der Waals surface area contributed by atoms with Crippen LogP contribution in [0.2, 0.25) is 0 Å². The number of carbonyl (C=O) groups is 2. The molecule has 2 aromatic carbocycles.